The van der Waals surface area contributed by atoms with E-state index < -0.39 is 0 Å². The van der Waals surface area contributed by atoms with E-state index in [-0.39, 0.29) is 11.2 Å². The van der Waals surface area contributed by atoms with E-state index in [1.54, 1.807) is 6.07 Å². The Labute approximate surface area is 206 Å². The summed E-state index contributed by atoms with van der Waals surface area (Å²) < 4.78 is 24.4. The van der Waals surface area contributed by atoms with Gasteiger partial charge in [-0.2, -0.15) is 15.0 Å². The van der Waals surface area contributed by atoms with Crippen molar-refractivity contribution in [1.82, 2.24) is 15.0 Å². The van der Waals surface area contributed by atoms with Gasteiger partial charge in [-0.25, -0.2) is 4.39 Å². The van der Waals surface area contributed by atoms with Crippen LogP contribution in [-0.4, -0.2) is 54.5 Å². The fourth-order valence-corrected chi connectivity index (χ4v) is 3.25. The molecule has 0 fully saturated rings. The fourth-order valence-electron chi connectivity index (χ4n) is 3.25. The Hall–Kier alpha value is -3.14. The number of halogens is 1. The highest BCUT2D eigenvalue weighted by Gasteiger charge is 2.14. The third kappa shape index (κ3) is 8.86. The number of hydrogen-bond donors (Lipinski definition) is 3. The molecule has 4 N–H and O–H groups in total. The molecule has 0 aliphatic rings. The van der Waals surface area contributed by atoms with Gasteiger partial charge in [-0.15, -0.1) is 0 Å². The molecule has 0 radical (unpaired) electrons. The lowest BCUT2D eigenvalue weighted by Gasteiger charge is -2.19. The van der Waals surface area contributed by atoms with E-state index in [0.29, 0.717) is 63.8 Å². The van der Waals surface area contributed by atoms with Crippen LogP contribution in [0.4, 0.5) is 16.3 Å². The normalized spacial score (nSPS) is 11.5. The zero-order valence-electron chi connectivity index (χ0n) is 20.7. The van der Waals surface area contributed by atoms with E-state index in [4.69, 9.17) is 15.2 Å². The van der Waals surface area contributed by atoms with Crippen LogP contribution in [0.3, 0.4) is 0 Å². The summed E-state index contributed by atoms with van der Waals surface area (Å²) in [6, 6.07) is 14.6. The topological polar surface area (TPSA) is 107 Å². The average molecular weight is 483 g/mol. The number of nitrogens with two attached hydrogens (primary N) is 1. The van der Waals surface area contributed by atoms with E-state index in [1.165, 1.54) is 17.7 Å². The van der Waals surface area contributed by atoms with Crippen molar-refractivity contribution in [2.45, 2.75) is 32.7 Å². The molecule has 1 aromatic heterocycles. The average Bonchev–Trinajstić information content (AvgIpc) is 2.84. The second kappa shape index (κ2) is 13.1. The van der Waals surface area contributed by atoms with Crippen LogP contribution in [0.5, 0.6) is 0 Å². The molecule has 188 valence electrons. The van der Waals surface area contributed by atoms with Gasteiger partial charge in [-0.1, -0.05) is 57.2 Å². The largest absolute Gasteiger partial charge is 0.378 e. The molecule has 0 saturated heterocycles. The van der Waals surface area contributed by atoms with Gasteiger partial charge in [0.1, 0.15) is 5.82 Å². The van der Waals surface area contributed by atoms with Crippen molar-refractivity contribution in [1.29, 1.82) is 0 Å². The molecule has 0 aliphatic carbocycles. The molecule has 3 aromatic rings. The number of nitrogens with zero attached hydrogens (tertiary/aromatic N) is 3. The van der Waals surface area contributed by atoms with E-state index in [0.717, 1.165) is 11.1 Å². The molecule has 0 amide bonds. The maximum absolute atomic E-state index is 13.5. The van der Waals surface area contributed by atoms with E-state index >= 15 is 0 Å². The Kier molecular flexibility index (Phi) is 9.89. The molecule has 3 rings (SSSR count). The zero-order chi connectivity index (χ0) is 25.1. The van der Waals surface area contributed by atoms with E-state index in [1.807, 2.05) is 18.2 Å². The molecule has 35 heavy (non-hydrogen) atoms. The van der Waals surface area contributed by atoms with Crippen molar-refractivity contribution in [2.24, 2.45) is 5.73 Å². The highest BCUT2D eigenvalue weighted by Crippen LogP contribution is 2.25. The Balaban J connectivity index is 1.70. The van der Waals surface area contributed by atoms with Crippen LogP contribution in [0.1, 0.15) is 31.9 Å². The smallest absolute Gasteiger partial charge is 0.228 e. The number of aromatic nitrogens is 3. The molecule has 9 heteroatoms. The SMILES string of the molecule is CC(C)(C)c1ccc(-c2nc(NCCOCCOCCN)nc(NCc3cccc(F)c3)n2)cc1. The number of benzene rings is 2. The van der Waals surface area contributed by atoms with Crippen LogP contribution in [0.25, 0.3) is 11.4 Å². The Bertz CT molecular complexity index is 1060. The van der Waals surface area contributed by atoms with E-state index in [9.17, 15) is 4.39 Å². The first-order chi connectivity index (χ1) is 16.8. The van der Waals surface area contributed by atoms with Gasteiger partial charge in [0.2, 0.25) is 11.9 Å². The zero-order valence-corrected chi connectivity index (χ0v) is 20.7. The van der Waals surface area contributed by atoms with Gasteiger partial charge in [-0.3, -0.25) is 0 Å². The van der Waals surface area contributed by atoms with E-state index in [2.05, 4.69) is 58.5 Å². The maximum Gasteiger partial charge on any atom is 0.228 e. The third-order valence-corrected chi connectivity index (χ3v) is 5.15. The van der Waals surface area contributed by atoms with Crippen LogP contribution in [0, 0.1) is 5.82 Å². The van der Waals surface area contributed by atoms with Crippen molar-refractivity contribution in [3.8, 4) is 11.4 Å². The third-order valence-electron chi connectivity index (χ3n) is 5.15. The van der Waals surface area contributed by atoms with Crippen molar-refractivity contribution < 1.29 is 13.9 Å². The standard InChI is InChI=1S/C26H35FN6O2/c1-26(2,3)21-9-7-20(8-10-21)23-31-24(29-12-14-35-16-15-34-13-11-28)33-25(32-23)30-18-19-5-4-6-22(27)17-19/h4-10,17H,11-16,18,28H2,1-3H3,(H2,29,30,31,32,33). The number of hydrogen-bond acceptors (Lipinski definition) is 8. The molecule has 2 aromatic carbocycles. The monoisotopic (exact) mass is 482 g/mol. The highest BCUT2D eigenvalue weighted by molar-refractivity contribution is 5.59. The molecule has 0 unspecified atom stereocenters. The molecule has 0 bridgehead atoms. The Morgan fingerprint density at radius 3 is 2.20 bits per heavy atom. The minimum absolute atomic E-state index is 0.0530. The molecular formula is C26H35FN6O2. The van der Waals surface area contributed by atoms with Gasteiger partial charge in [0.05, 0.1) is 26.4 Å². The molecule has 0 saturated carbocycles. The Morgan fingerprint density at radius 1 is 0.857 bits per heavy atom. The Morgan fingerprint density at radius 2 is 1.54 bits per heavy atom. The number of ether oxygens (including phenoxy) is 2. The summed E-state index contributed by atoms with van der Waals surface area (Å²) >= 11 is 0. The molecule has 0 aliphatic heterocycles. The van der Waals surface area contributed by atoms with Crippen molar-refractivity contribution >= 4 is 11.9 Å². The summed E-state index contributed by atoms with van der Waals surface area (Å²) in [6.45, 7) is 9.92. The van der Waals surface area contributed by atoms with Gasteiger partial charge in [0.25, 0.3) is 0 Å². The first kappa shape index (κ1) is 26.5. The summed E-state index contributed by atoms with van der Waals surface area (Å²) in [5, 5.41) is 6.37. The van der Waals surface area contributed by atoms with Gasteiger partial charge >= 0.3 is 0 Å². The van der Waals surface area contributed by atoms with Gasteiger partial charge in [0.15, 0.2) is 5.82 Å². The molecule has 0 spiro atoms. The van der Waals surface area contributed by atoms with Crippen LogP contribution >= 0.6 is 0 Å². The van der Waals surface area contributed by atoms with Crippen LogP contribution < -0.4 is 16.4 Å². The van der Waals surface area contributed by atoms with Crippen molar-refractivity contribution in [3.63, 3.8) is 0 Å². The number of nitrogens with one attached hydrogen (secondary N) is 2. The lowest BCUT2D eigenvalue weighted by molar-refractivity contribution is 0.0547. The lowest BCUT2D eigenvalue weighted by Crippen LogP contribution is -2.16. The molecule has 1 heterocycles. The lowest BCUT2D eigenvalue weighted by atomic mass is 9.87. The van der Waals surface area contributed by atoms with Gasteiger partial charge < -0.3 is 25.8 Å². The quantitative estimate of drug-likeness (QED) is 0.314. The summed E-state index contributed by atoms with van der Waals surface area (Å²) in [4.78, 5) is 13.7. The molecule has 0 atom stereocenters. The second-order valence-corrected chi connectivity index (χ2v) is 9.06. The second-order valence-electron chi connectivity index (χ2n) is 9.06. The summed E-state index contributed by atoms with van der Waals surface area (Å²) in [6.07, 6.45) is 0. The summed E-state index contributed by atoms with van der Waals surface area (Å²) in [5.41, 5.74) is 8.35. The first-order valence-corrected chi connectivity index (χ1v) is 11.8. The van der Waals surface area contributed by atoms with Crippen LogP contribution in [0.2, 0.25) is 0 Å². The summed E-state index contributed by atoms with van der Waals surface area (Å²) in [5.74, 6) is 1.09. The fraction of sp³-hybridized carbons (Fsp3) is 0.423. The molecule has 8 nitrogen and oxygen atoms in total. The molecular weight excluding hydrogens is 447 g/mol. The minimum atomic E-state index is -0.282. The van der Waals surface area contributed by atoms with Gasteiger partial charge in [-0.05, 0) is 28.7 Å². The predicted molar refractivity (Wildman–Crippen MR) is 137 cm³/mol. The summed E-state index contributed by atoms with van der Waals surface area (Å²) in [7, 11) is 0. The maximum atomic E-state index is 13.5. The predicted octanol–water partition coefficient (Wildman–Crippen LogP) is 3.99. The first-order valence-electron chi connectivity index (χ1n) is 11.8. The van der Waals surface area contributed by atoms with Crippen molar-refractivity contribution in [2.75, 3.05) is 50.2 Å². The van der Waals surface area contributed by atoms with Crippen LogP contribution in [0.15, 0.2) is 48.5 Å². The highest BCUT2D eigenvalue weighted by atomic mass is 19.1. The number of rotatable bonds is 13. The minimum Gasteiger partial charge on any atom is -0.378 e. The van der Waals surface area contributed by atoms with Gasteiger partial charge in [0, 0.05) is 25.2 Å². The van der Waals surface area contributed by atoms with Crippen LogP contribution in [-0.2, 0) is 21.4 Å². The number of anilines is 2. The van der Waals surface area contributed by atoms with Crippen molar-refractivity contribution in [3.05, 3.63) is 65.5 Å².